The highest BCUT2D eigenvalue weighted by molar-refractivity contribution is 14.1. The number of hydrogen-bond acceptors (Lipinski definition) is 4. The SMILES string of the molecule is CCCNc1ncnc(Nc2cccc(I)c2)c1C. The molecule has 0 spiro atoms. The Morgan fingerprint density at radius 2 is 2.00 bits per heavy atom. The minimum absolute atomic E-state index is 0.843. The van der Waals surface area contributed by atoms with E-state index in [1.54, 1.807) is 6.33 Å². The fraction of sp³-hybridized carbons (Fsp3) is 0.286. The normalized spacial score (nSPS) is 10.3. The summed E-state index contributed by atoms with van der Waals surface area (Å²) in [6.45, 7) is 5.07. The molecule has 0 bridgehead atoms. The zero-order valence-electron chi connectivity index (χ0n) is 11.1. The molecule has 0 unspecified atom stereocenters. The number of halogens is 1. The molecule has 1 aromatic heterocycles. The van der Waals surface area contributed by atoms with Crippen molar-refractivity contribution in [3.63, 3.8) is 0 Å². The Bertz CT molecular complexity index is 557. The molecule has 1 heterocycles. The Labute approximate surface area is 127 Å². The number of benzene rings is 1. The van der Waals surface area contributed by atoms with Gasteiger partial charge in [0, 0.05) is 21.4 Å². The van der Waals surface area contributed by atoms with Crippen LogP contribution in [0.25, 0.3) is 0 Å². The number of nitrogens with one attached hydrogen (secondary N) is 2. The van der Waals surface area contributed by atoms with E-state index >= 15 is 0 Å². The first-order chi connectivity index (χ1) is 9.20. The summed E-state index contributed by atoms with van der Waals surface area (Å²) in [5.41, 5.74) is 2.07. The molecule has 0 saturated heterocycles. The lowest BCUT2D eigenvalue weighted by Gasteiger charge is -2.12. The van der Waals surface area contributed by atoms with E-state index in [2.05, 4.69) is 62.2 Å². The first-order valence-electron chi connectivity index (χ1n) is 6.28. The van der Waals surface area contributed by atoms with Crippen LogP contribution in [-0.2, 0) is 0 Å². The summed E-state index contributed by atoms with van der Waals surface area (Å²) in [6, 6.07) is 8.20. The van der Waals surface area contributed by atoms with Gasteiger partial charge in [0.05, 0.1) is 0 Å². The van der Waals surface area contributed by atoms with Crippen molar-refractivity contribution in [2.45, 2.75) is 20.3 Å². The van der Waals surface area contributed by atoms with Crippen molar-refractivity contribution >= 4 is 39.9 Å². The largest absolute Gasteiger partial charge is 0.370 e. The monoisotopic (exact) mass is 368 g/mol. The molecule has 0 radical (unpaired) electrons. The van der Waals surface area contributed by atoms with Gasteiger partial charge >= 0.3 is 0 Å². The van der Waals surface area contributed by atoms with Gasteiger partial charge in [0.2, 0.25) is 0 Å². The molecule has 0 aliphatic carbocycles. The Balaban J connectivity index is 2.20. The number of rotatable bonds is 5. The van der Waals surface area contributed by atoms with Crippen LogP contribution in [0.1, 0.15) is 18.9 Å². The molecular weight excluding hydrogens is 351 g/mol. The zero-order valence-corrected chi connectivity index (χ0v) is 13.2. The van der Waals surface area contributed by atoms with Crippen molar-refractivity contribution in [3.05, 3.63) is 39.7 Å². The smallest absolute Gasteiger partial charge is 0.138 e. The van der Waals surface area contributed by atoms with Gasteiger partial charge in [-0.1, -0.05) is 13.0 Å². The number of anilines is 3. The summed E-state index contributed by atoms with van der Waals surface area (Å²) in [6.07, 6.45) is 2.66. The topological polar surface area (TPSA) is 49.8 Å². The summed E-state index contributed by atoms with van der Waals surface area (Å²) in [5.74, 6) is 1.74. The third kappa shape index (κ3) is 3.79. The van der Waals surface area contributed by atoms with Crippen LogP contribution in [0, 0.1) is 10.5 Å². The van der Waals surface area contributed by atoms with Gasteiger partial charge in [-0.05, 0) is 54.1 Å². The van der Waals surface area contributed by atoms with Gasteiger partial charge in [0.25, 0.3) is 0 Å². The van der Waals surface area contributed by atoms with E-state index in [-0.39, 0.29) is 0 Å². The molecular formula is C14H17IN4. The summed E-state index contributed by atoms with van der Waals surface area (Å²) < 4.78 is 1.19. The Morgan fingerprint density at radius 1 is 1.21 bits per heavy atom. The summed E-state index contributed by atoms with van der Waals surface area (Å²) in [7, 11) is 0. The van der Waals surface area contributed by atoms with Gasteiger partial charge in [-0.2, -0.15) is 0 Å². The van der Waals surface area contributed by atoms with E-state index in [1.165, 1.54) is 3.57 Å². The molecule has 0 fully saturated rings. The predicted octanol–water partition coefficient (Wildman–Crippen LogP) is 3.96. The second kappa shape index (κ2) is 6.70. The summed E-state index contributed by atoms with van der Waals surface area (Å²) in [4.78, 5) is 8.58. The first-order valence-corrected chi connectivity index (χ1v) is 7.36. The highest BCUT2D eigenvalue weighted by Gasteiger charge is 2.06. The molecule has 0 aliphatic heterocycles. The fourth-order valence-corrected chi connectivity index (χ4v) is 2.24. The lowest BCUT2D eigenvalue weighted by molar-refractivity contribution is 0.960. The maximum Gasteiger partial charge on any atom is 0.138 e. The fourth-order valence-electron chi connectivity index (χ4n) is 1.70. The molecule has 0 saturated carbocycles. The highest BCUT2D eigenvalue weighted by atomic mass is 127. The van der Waals surface area contributed by atoms with Gasteiger partial charge in [-0.3, -0.25) is 0 Å². The minimum Gasteiger partial charge on any atom is -0.370 e. The van der Waals surface area contributed by atoms with Gasteiger partial charge in [0.15, 0.2) is 0 Å². The second-order valence-electron chi connectivity index (χ2n) is 4.26. The number of aromatic nitrogens is 2. The van der Waals surface area contributed by atoms with Crippen LogP contribution >= 0.6 is 22.6 Å². The third-order valence-corrected chi connectivity index (χ3v) is 3.38. The highest BCUT2D eigenvalue weighted by Crippen LogP contribution is 2.23. The van der Waals surface area contributed by atoms with Crippen LogP contribution < -0.4 is 10.6 Å². The van der Waals surface area contributed by atoms with Crippen LogP contribution in [-0.4, -0.2) is 16.5 Å². The summed E-state index contributed by atoms with van der Waals surface area (Å²) in [5, 5.41) is 6.64. The standard InChI is InChI=1S/C14H17IN4/c1-3-7-16-13-10(2)14(18-9-17-13)19-12-6-4-5-11(15)8-12/h4-6,8-9H,3,7H2,1-2H3,(H2,16,17,18,19). The van der Waals surface area contributed by atoms with Crippen molar-refractivity contribution in [3.8, 4) is 0 Å². The van der Waals surface area contributed by atoms with Crippen molar-refractivity contribution in [2.75, 3.05) is 17.2 Å². The Morgan fingerprint density at radius 3 is 2.74 bits per heavy atom. The van der Waals surface area contributed by atoms with Crippen LogP contribution in [0.15, 0.2) is 30.6 Å². The molecule has 2 rings (SSSR count). The van der Waals surface area contributed by atoms with E-state index in [0.717, 1.165) is 35.9 Å². The van der Waals surface area contributed by atoms with E-state index < -0.39 is 0 Å². The van der Waals surface area contributed by atoms with Crippen LogP contribution in [0.5, 0.6) is 0 Å². The van der Waals surface area contributed by atoms with Crippen LogP contribution in [0.2, 0.25) is 0 Å². The molecule has 19 heavy (non-hydrogen) atoms. The molecule has 2 aromatic rings. The van der Waals surface area contributed by atoms with E-state index in [1.807, 2.05) is 19.1 Å². The molecule has 5 heteroatoms. The van der Waals surface area contributed by atoms with E-state index in [9.17, 15) is 0 Å². The molecule has 0 aliphatic rings. The zero-order chi connectivity index (χ0) is 13.7. The Kier molecular flexibility index (Phi) is 4.95. The number of hydrogen-bond donors (Lipinski definition) is 2. The van der Waals surface area contributed by atoms with E-state index in [4.69, 9.17) is 0 Å². The van der Waals surface area contributed by atoms with Crippen molar-refractivity contribution in [2.24, 2.45) is 0 Å². The third-order valence-electron chi connectivity index (χ3n) is 2.71. The van der Waals surface area contributed by atoms with E-state index in [0.29, 0.717) is 0 Å². The van der Waals surface area contributed by atoms with Crippen LogP contribution in [0.4, 0.5) is 17.3 Å². The molecule has 100 valence electrons. The van der Waals surface area contributed by atoms with Crippen LogP contribution in [0.3, 0.4) is 0 Å². The quantitative estimate of drug-likeness (QED) is 0.785. The van der Waals surface area contributed by atoms with Gasteiger partial charge in [-0.15, -0.1) is 0 Å². The molecule has 2 N–H and O–H groups in total. The van der Waals surface area contributed by atoms with Crippen molar-refractivity contribution in [1.29, 1.82) is 0 Å². The average molecular weight is 368 g/mol. The Hall–Kier alpha value is -1.37. The molecule has 1 aromatic carbocycles. The first kappa shape index (κ1) is 14.0. The van der Waals surface area contributed by atoms with Crippen molar-refractivity contribution < 1.29 is 0 Å². The minimum atomic E-state index is 0.843. The molecule has 4 nitrogen and oxygen atoms in total. The lowest BCUT2D eigenvalue weighted by Crippen LogP contribution is -2.06. The van der Waals surface area contributed by atoms with Gasteiger partial charge in [-0.25, -0.2) is 9.97 Å². The lowest BCUT2D eigenvalue weighted by atomic mass is 10.2. The molecule has 0 amide bonds. The summed E-state index contributed by atoms with van der Waals surface area (Å²) >= 11 is 2.30. The average Bonchev–Trinajstić information content (AvgIpc) is 2.40. The maximum absolute atomic E-state index is 4.31. The molecule has 0 atom stereocenters. The van der Waals surface area contributed by atoms with Crippen molar-refractivity contribution in [1.82, 2.24) is 9.97 Å². The maximum atomic E-state index is 4.31. The predicted molar refractivity (Wildman–Crippen MR) is 88.0 cm³/mol. The van der Waals surface area contributed by atoms with Gasteiger partial charge < -0.3 is 10.6 Å². The second-order valence-corrected chi connectivity index (χ2v) is 5.50. The van der Waals surface area contributed by atoms with Gasteiger partial charge in [0.1, 0.15) is 18.0 Å². The number of nitrogens with zero attached hydrogens (tertiary/aromatic N) is 2.